The summed E-state index contributed by atoms with van der Waals surface area (Å²) >= 11 is 0. The normalized spacial score (nSPS) is 11.8. The van der Waals surface area contributed by atoms with E-state index in [1.807, 2.05) is 0 Å². The number of alkyl halides is 4. The van der Waals surface area contributed by atoms with Crippen LogP contribution in [0.5, 0.6) is 11.8 Å². The van der Waals surface area contributed by atoms with E-state index in [4.69, 9.17) is 0 Å². The summed E-state index contributed by atoms with van der Waals surface area (Å²) in [6.07, 6.45) is -4.66. The highest BCUT2D eigenvalue weighted by atomic mass is 19.4. The molecule has 0 bridgehead atoms. The smallest absolute Gasteiger partial charge is 0.418 e. The third kappa shape index (κ3) is 2.23. The predicted octanol–water partition coefficient (Wildman–Crippen LogP) is 3.38. The van der Waals surface area contributed by atoms with E-state index in [2.05, 4.69) is 0 Å². The van der Waals surface area contributed by atoms with Crippen LogP contribution in [-0.2, 0) is 12.9 Å². The number of para-hydroxylation sites is 1. The minimum atomic E-state index is -4.66. The number of aromatic nitrogens is 1. The molecule has 2 rings (SSSR count). The maximum Gasteiger partial charge on any atom is 0.418 e. The van der Waals surface area contributed by atoms with E-state index < -0.39 is 35.9 Å². The molecule has 0 atom stereocenters. The molecule has 1 aromatic heterocycles. The molecule has 102 valence electrons. The predicted molar refractivity (Wildman–Crippen MR) is 58.9 cm³/mol. The van der Waals surface area contributed by atoms with E-state index in [1.54, 1.807) is 0 Å². The standard InChI is InChI=1S/C12H9F4NO2/c13-6-7-5-10(18)17(11(7)19)9-4-2-1-3-8(9)12(14,15)16/h1-5,18-19H,6H2. The van der Waals surface area contributed by atoms with Crippen LogP contribution in [0.1, 0.15) is 11.1 Å². The van der Waals surface area contributed by atoms with Crippen molar-refractivity contribution in [1.29, 1.82) is 0 Å². The Morgan fingerprint density at radius 1 is 1.11 bits per heavy atom. The fraction of sp³-hybridized carbons (Fsp3) is 0.167. The molecule has 0 fully saturated rings. The van der Waals surface area contributed by atoms with Gasteiger partial charge in [-0.2, -0.15) is 13.2 Å². The summed E-state index contributed by atoms with van der Waals surface area (Å²) < 4.78 is 51.6. The summed E-state index contributed by atoms with van der Waals surface area (Å²) in [4.78, 5) is 0. The van der Waals surface area contributed by atoms with Crippen molar-refractivity contribution in [3.63, 3.8) is 0 Å². The maximum absolute atomic E-state index is 12.8. The number of aromatic hydroxyl groups is 2. The summed E-state index contributed by atoms with van der Waals surface area (Å²) in [5, 5.41) is 19.2. The average Bonchev–Trinajstić information content (AvgIpc) is 2.63. The van der Waals surface area contributed by atoms with E-state index in [9.17, 15) is 27.8 Å². The van der Waals surface area contributed by atoms with Gasteiger partial charge in [-0.1, -0.05) is 12.1 Å². The van der Waals surface area contributed by atoms with Gasteiger partial charge in [-0.15, -0.1) is 0 Å². The molecular formula is C12H9F4NO2. The quantitative estimate of drug-likeness (QED) is 0.825. The molecule has 0 aliphatic carbocycles. The summed E-state index contributed by atoms with van der Waals surface area (Å²) in [6.45, 7) is -1.10. The van der Waals surface area contributed by atoms with Gasteiger partial charge in [-0.05, 0) is 12.1 Å². The average molecular weight is 275 g/mol. The van der Waals surface area contributed by atoms with Gasteiger partial charge < -0.3 is 10.2 Å². The molecule has 1 heterocycles. The Balaban J connectivity index is 2.70. The van der Waals surface area contributed by atoms with E-state index in [-0.39, 0.29) is 5.56 Å². The second kappa shape index (κ2) is 4.49. The van der Waals surface area contributed by atoms with Crippen LogP contribution in [0.4, 0.5) is 17.6 Å². The molecule has 0 aliphatic rings. The van der Waals surface area contributed by atoms with Gasteiger partial charge in [0.25, 0.3) is 0 Å². The van der Waals surface area contributed by atoms with Crippen molar-refractivity contribution in [3.8, 4) is 17.4 Å². The van der Waals surface area contributed by atoms with Crippen LogP contribution >= 0.6 is 0 Å². The van der Waals surface area contributed by atoms with Crippen LogP contribution in [0.25, 0.3) is 5.69 Å². The lowest BCUT2D eigenvalue weighted by molar-refractivity contribution is -0.137. The number of halogens is 4. The van der Waals surface area contributed by atoms with Gasteiger partial charge >= 0.3 is 6.18 Å². The Morgan fingerprint density at radius 2 is 1.74 bits per heavy atom. The highest BCUT2D eigenvalue weighted by Crippen LogP contribution is 2.39. The molecule has 3 nitrogen and oxygen atoms in total. The molecule has 0 amide bonds. The van der Waals surface area contributed by atoms with Crippen molar-refractivity contribution < 1.29 is 27.8 Å². The van der Waals surface area contributed by atoms with Crippen molar-refractivity contribution in [3.05, 3.63) is 41.5 Å². The highest BCUT2D eigenvalue weighted by Gasteiger charge is 2.34. The van der Waals surface area contributed by atoms with E-state index in [0.29, 0.717) is 4.57 Å². The van der Waals surface area contributed by atoms with Gasteiger partial charge in [-0.25, -0.2) is 4.39 Å². The second-order valence-electron chi connectivity index (χ2n) is 3.84. The number of hydrogen-bond donors (Lipinski definition) is 2. The summed E-state index contributed by atoms with van der Waals surface area (Å²) in [5.74, 6) is -1.42. The first-order valence-electron chi connectivity index (χ1n) is 5.21. The summed E-state index contributed by atoms with van der Waals surface area (Å²) in [7, 11) is 0. The fourth-order valence-corrected chi connectivity index (χ4v) is 1.78. The van der Waals surface area contributed by atoms with Gasteiger partial charge in [0.15, 0.2) is 5.88 Å². The number of hydrogen-bond acceptors (Lipinski definition) is 2. The van der Waals surface area contributed by atoms with Crippen LogP contribution in [-0.4, -0.2) is 14.8 Å². The van der Waals surface area contributed by atoms with Crippen molar-refractivity contribution in [2.24, 2.45) is 0 Å². The van der Waals surface area contributed by atoms with Crippen molar-refractivity contribution >= 4 is 0 Å². The summed E-state index contributed by atoms with van der Waals surface area (Å²) in [6, 6.07) is 5.26. The van der Waals surface area contributed by atoms with Crippen molar-refractivity contribution in [2.45, 2.75) is 12.9 Å². The van der Waals surface area contributed by atoms with Crippen LogP contribution in [0, 0.1) is 0 Å². The molecule has 0 spiro atoms. The zero-order chi connectivity index (χ0) is 14.2. The molecule has 0 aliphatic heterocycles. The van der Waals surface area contributed by atoms with Gasteiger partial charge in [0, 0.05) is 11.6 Å². The first kappa shape index (κ1) is 13.3. The number of rotatable bonds is 2. The first-order valence-corrected chi connectivity index (χ1v) is 5.21. The molecule has 0 saturated carbocycles. The minimum absolute atomic E-state index is 0.283. The third-order valence-electron chi connectivity index (χ3n) is 2.63. The van der Waals surface area contributed by atoms with E-state index in [0.717, 1.165) is 18.2 Å². The van der Waals surface area contributed by atoms with Crippen molar-refractivity contribution in [2.75, 3.05) is 0 Å². The van der Waals surface area contributed by atoms with Gasteiger partial charge in [0.2, 0.25) is 5.88 Å². The topological polar surface area (TPSA) is 45.4 Å². The Bertz CT molecular complexity index is 604. The lowest BCUT2D eigenvalue weighted by Crippen LogP contribution is -2.10. The molecule has 0 unspecified atom stereocenters. The lowest BCUT2D eigenvalue weighted by atomic mass is 10.1. The molecule has 1 aromatic carbocycles. The molecule has 2 aromatic rings. The molecule has 0 radical (unpaired) electrons. The van der Waals surface area contributed by atoms with Crippen LogP contribution in [0.3, 0.4) is 0 Å². The van der Waals surface area contributed by atoms with Crippen LogP contribution < -0.4 is 0 Å². The largest absolute Gasteiger partial charge is 0.494 e. The van der Waals surface area contributed by atoms with Crippen LogP contribution in [0.15, 0.2) is 30.3 Å². The summed E-state index contributed by atoms with van der Waals surface area (Å²) in [5.41, 5.74) is -1.79. The molecular weight excluding hydrogens is 266 g/mol. The van der Waals surface area contributed by atoms with Crippen LogP contribution in [0.2, 0.25) is 0 Å². The molecule has 7 heteroatoms. The molecule has 0 saturated heterocycles. The Morgan fingerprint density at radius 3 is 2.26 bits per heavy atom. The lowest BCUT2D eigenvalue weighted by Gasteiger charge is -2.14. The highest BCUT2D eigenvalue weighted by molar-refractivity contribution is 5.51. The zero-order valence-corrected chi connectivity index (χ0v) is 9.45. The number of nitrogens with zero attached hydrogens (tertiary/aromatic N) is 1. The number of benzene rings is 1. The monoisotopic (exact) mass is 275 g/mol. The third-order valence-corrected chi connectivity index (χ3v) is 2.63. The fourth-order valence-electron chi connectivity index (χ4n) is 1.78. The van der Waals surface area contributed by atoms with Gasteiger partial charge in [0.05, 0.1) is 11.3 Å². The van der Waals surface area contributed by atoms with Crippen molar-refractivity contribution in [1.82, 2.24) is 4.57 Å². The Labute approximate surface area is 105 Å². The zero-order valence-electron chi connectivity index (χ0n) is 9.45. The Hall–Kier alpha value is -2.18. The van der Waals surface area contributed by atoms with E-state index >= 15 is 0 Å². The molecule has 2 N–H and O–H groups in total. The SMILES string of the molecule is Oc1cc(CF)c(O)n1-c1ccccc1C(F)(F)F. The minimum Gasteiger partial charge on any atom is -0.494 e. The Kier molecular flexibility index (Phi) is 3.13. The van der Waals surface area contributed by atoms with Gasteiger partial charge in [0.1, 0.15) is 6.67 Å². The first-order chi connectivity index (χ1) is 8.86. The van der Waals surface area contributed by atoms with Gasteiger partial charge in [-0.3, -0.25) is 4.57 Å². The molecule has 19 heavy (non-hydrogen) atoms. The second-order valence-corrected chi connectivity index (χ2v) is 3.84. The maximum atomic E-state index is 12.8. The van der Waals surface area contributed by atoms with E-state index in [1.165, 1.54) is 12.1 Å².